The Morgan fingerprint density at radius 2 is 2.12 bits per heavy atom. The van der Waals surface area contributed by atoms with Crippen molar-refractivity contribution < 1.29 is 9.15 Å². The van der Waals surface area contributed by atoms with E-state index in [1.807, 2.05) is 34.5 Å². The molecule has 0 saturated carbocycles. The first kappa shape index (κ1) is 18.8. The maximum atomic E-state index is 5.92. The molecule has 0 amide bonds. The molecule has 26 heavy (non-hydrogen) atoms. The first-order valence-electron chi connectivity index (χ1n) is 7.82. The van der Waals surface area contributed by atoms with Crippen LogP contribution in [0.25, 0.3) is 10.8 Å². The van der Waals surface area contributed by atoms with Crippen LogP contribution in [0.2, 0.25) is 5.02 Å². The fraction of sp³-hybridized carbons (Fsp3) is 0.235. The summed E-state index contributed by atoms with van der Waals surface area (Å²) in [5.74, 6) is 1.00. The molecule has 9 heteroatoms. The van der Waals surface area contributed by atoms with Crippen LogP contribution in [-0.2, 0) is 11.3 Å². The molecule has 0 radical (unpaired) electrons. The van der Waals surface area contributed by atoms with Crippen LogP contribution in [0.1, 0.15) is 5.89 Å². The highest BCUT2D eigenvalue weighted by atomic mass is 35.5. The summed E-state index contributed by atoms with van der Waals surface area (Å²) in [6, 6.07) is 11.2. The van der Waals surface area contributed by atoms with Gasteiger partial charge in [-0.3, -0.25) is 0 Å². The van der Waals surface area contributed by atoms with Crippen molar-refractivity contribution in [3.63, 3.8) is 0 Å². The number of methoxy groups -OCH3 is 1. The van der Waals surface area contributed by atoms with Gasteiger partial charge in [-0.1, -0.05) is 17.7 Å². The van der Waals surface area contributed by atoms with E-state index in [0.717, 1.165) is 10.6 Å². The topological polar surface area (TPSA) is 63.4 Å². The predicted octanol–water partition coefficient (Wildman–Crippen LogP) is 4.30. The molecule has 2 heterocycles. The van der Waals surface area contributed by atoms with E-state index in [1.54, 1.807) is 30.6 Å². The minimum atomic E-state index is 0.390. The average Bonchev–Trinajstić information content (AvgIpc) is 3.32. The van der Waals surface area contributed by atoms with E-state index < -0.39 is 0 Å². The van der Waals surface area contributed by atoms with Crippen molar-refractivity contribution in [1.82, 2.24) is 15.1 Å². The van der Waals surface area contributed by atoms with Gasteiger partial charge in [-0.25, -0.2) is 0 Å². The number of rotatable bonds is 7. The minimum absolute atomic E-state index is 0.390. The molecule has 0 unspecified atom stereocenters. The Bertz CT molecular complexity index is 837. The zero-order chi connectivity index (χ0) is 18.4. The van der Waals surface area contributed by atoms with Crippen molar-refractivity contribution >= 4 is 46.0 Å². The smallest absolute Gasteiger partial charge is 0.257 e. The number of aromatic nitrogens is 2. The number of halogens is 1. The largest absolute Gasteiger partial charge is 0.418 e. The first-order valence-corrected chi connectivity index (χ1v) is 9.49. The number of ether oxygens (including phenoxy) is 1. The number of hydrogen-bond donors (Lipinski definition) is 1. The van der Waals surface area contributed by atoms with Gasteiger partial charge in [0.2, 0.25) is 5.89 Å². The SMILES string of the molecule is COCCN(Cc1nnc(-c2cccs2)o1)C(=S)Nc1ccc(Cl)cc1. The average molecular weight is 409 g/mol. The van der Waals surface area contributed by atoms with E-state index in [1.165, 1.54) is 0 Å². The molecule has 1 N–H and O–H groups in total. The number of benzene rings is 1. The van der Waals surface area contributed by atoms with Gasteiger partial charge in [0, 0.05) is 24.4 Å². The normalized spacial score (nSPS) is 10.7. The van der Waals surface area contributed by atoms with Crippen molar-refractivity contribution in [2.75, 3.05) is 25.6 Å². The highest BCUT2D eigenvalue weighted by Gasteiger charge is 2.16. The summed E-state index contributed by atoms with van der Waals surface area (Å²) >= 11 is 13.0. The Hall–Kier alpha value is -2.00. The molecule has 0 aliphatic rings. The molecule has 0 aliphatic carbocycles. The molecular formula is C17H17ClN4O2S2. The third kappa shape index (κ3) is 5.01. The molecule has 0 atom stereocenters. The third-order valence-corrected chi connectivity index (χ3v) is 4.94. The van der Waals surface area contributed by atoms with Crippen LogP contribution in [0.4, 0.5) is 5.69 Å². The van der Waals surface area contributed by atoms with Gasteiger partial charge in [-0.05, 0) is 47.9 Å². The van der Waals surface area contributed by atoms with Crippen molar-refractivity contribution in [2.24, 2.45) is 0 Å². The Kier molecular flexibility index (Phi) is 6.56. The molecule has 6 nitrogen and oxygen atoms in total. The van der Waals surface area contributed by atoms with Crippen molar-refractivity contribution in [1.29, 1.82) is 0 Å². The van der Waals surface area contributed by atoms with E-state index in [-0.39, 0.29) is 0 Å². The summed E-state index contributed by atoms with van der Waals surface area (Å²) in [7, 11) is 1.65. The molecule has 0 spiro atoms. The second-order valence-corrected chi connectivity index (χ2v) is 7.10. The molecule has 3 rings (SSSR count). The van der Waals surface area contributed by atoms with Crippen LogP contribution in [0.15, 0.2) is 46.2 Å². The highest BCUT2D eigenvalue weighted by Crippen LogP contribution is 2.23. The Morgan fingerprint density at radius 3 is 2.81 bits per heavy atom. The highest BCUT2D eigenvalue weighted by molar-refractivity contribution is 7.80. The lowest BCUT2D eigenvalue weighted by Crippen LogP contribution is -2.36. The number of nitrogens with zero attached hydrogens (tertiary/aromatic N) is 3. The molecule has 3 aromatic rings. The van der Waals surface area contributed by atoms with Gasteiger partial charge in [-0.15, -0.1) is 21.5 Å². The van der Waals surface area contributed by atoms with E-state index in [4.69, 9.17) is 33.0 Å². The van der Waals surface area contributed by atoms with Gasteiger partial charge in [-0.2, -0.15) is 0 Å². The van der Waals surface area contributed by atoms with Crippen LogP contribution < -0.4 is 5.32 Å². The summed E-state index contributed by atoms with van der Waals surface area (Å²) in [6.07, 6.45) is 0. The van der Waals surface area contributed by atoms with Crippen LogP contribution in [-0.4, -0.2) is 40.5 Å². The van der Waals surface area contributed by atoms with Crippen LogP contribution in [0.5, 0.6) is 0 Å². The lowest BCUT2D eigenvalue weighted by Gasteiger charge is -2.24. The number of nitrogens with one attached hydrogen (secondary N) is 1. The van der Waals surface area contributed by atoms with E-state index in [0.29, 0.717) is 41.6 Å². The second kappa shape index (κ2) is 9.09. The van der Waals surface area contributed by atoms with Gasteiger partial charge in [0.05, 0.1) is 18.0 Å². The zero-order valence-electron chi connectivity index (χ0n) is 14.0. The number of thiophene rings is 1. The van der Waals surface area contributed by atoms with Crippen LogP contribution in [0, 0.1) is 0 Å². The molecule has 136 valence electrons. The number of thiocarbonyl (C=S) groups is 1. The number of hydrogen-bond acceptors (Lipinski definition) is 6. The molecule has 0 saturated heterocycles. The maximum absolute atomic E-state index is 5.92. The Morgan fingerprint density at radius 1 is 1.31 bits per heavy atom. The van der Waals surface area contributed by atoms with Gasteiger partial charge in [0.1, 0.15) is 0 Å². The minimum Gasteiger partial charge on any atom is -0.418 e. The van der Waals surface area contributed by atoms with Crippen molar-refractivity contribution in [2.45, 2.75) is 6.54 Å². The molecule has 0 fully saturated rings. The summed E-state index contributed by atoms with van der Waals surface area (Å²) < 4.78 is 10.9. The van der Waals surface area contributed by atoms with Crippen LogP contribution >= 0.6 is 35.2 Å². The van der Waals surface area contributed by atoms with E-state index in [9.17, 15) is 0 Å². The monoisotopic (exact) mass is 408 g/mol. The standard InChI is InChI=1S/C17H17ClN4O2S2/c1-23-9-8-22(17(25)19-13-6-4-12(18)5-7-13)11-15-20-21-16(24-15)14-3-2-10-26-14/h2-7,10H,8-9,11H2,1H3,(H,19,25). The quantitative estimate of drug-likeness (QED) is 0.585. The van der Waals surface area contributed by atoms with Gasteiger partial charge >= 0.3 is 0 Å². The Balaban J connectivity index is 1.69. The van der Waals surface area contributed by atoms with Crippen molar-refractivity contribution in [3.05, 3.63) is 52.7 Å². The fourth-order valence-corrected chi connectivity index (χ4v) is 3.21. The lowest BCUT2D eigenvalue weighted by atomic mass is 10.3. The maximum Gasteiger partial charge on any atom is 0.257 e. The Labute approximate surface area is 165 Å². The predicted molar refractivity (Wildman–Crippen MR) is 108 cm³/mol. The fourth-order valence-electron chi connectivity index (χ4n) is 2.17. The summed E-state index contributed by atoms with van der Waals surface area (Å²) in [4.78, 5) is 2.85. The van der Waals surface area contributed by atoms with Crippen LogP contribution in [0.3, 0.4) is 0 Å². The number of anilines is 1. The summed E-state index contributed by atoms with van der Waals surface area (Å²) in [5.41, 5.74) is 0.853. The molecule has 0 aliphatic heterocycles. The van der Waals surface area contributed by atoms with Gasteiger partial charge in [0.15, 0.2) is 5.11 Å². The first-order chi connectivity index (χ1) is 12.7. The summed E-state index contributed by atoms with van der Waals surface area (Å²) in [5, 5.41) is 14.6. The van der Waals surface area contributed by atoms with Gasteiger partial charge in [0.25, 0.3) is 5.89 Å². The second-order valence-electron chi connectivity index (χ2n) is 5.33. The molecule has 1 aromatic carbocycles. The molecule has 0 bridgehead atoms. The van der Waals surface area contributed by atoms with E-state index >= 15 is 0 Å². The lowest BCUT2D eigenvalue weighted by molar-refractivity contribution is 0.172. The van der Waals surface area contributed by atoms with Gasteiger partial charge < -0.3 is 19.4 Å². The zero-order valence-corrected chi connectivity index (χ0v) is 16.4. The third-order valence-electron chi connectivity index (χ3n) is 3.47. The van der Waals surface area contributed by atoms with Crippen molar-refractivity contribution in [3.8, 4) is 10.8 Å². The van der Waals surface area contributed by atoms with E-state index in [2.05, 4.69) is 15.5 Å². The summed E-state index contributed by atoms with van der Waals surface area (Å²) in [6.45, 7) is 1.50. The molecular weight excluding hydrogens is 392 g/mol. The molecule has 2 aromatic heterocycles.